The zero-order valence-corrected chi connectivity index (χ0v) is 16.8. The van der Waals surface area contributed by atoms with Crippen LogP contribution < -0.4 is 10.6 Å². The summed E-state index contributed by atoms with van der Waals surface area (Å²) in [5.74, 6) is 1.90. The maximum Gasteiger partial charge on any atom is 0.191 e. The van der Waals surface area contributed by atoms with Crippen molar-refractivity contribution >= 4 is 41.0 Å². The van der Waals surface area contributed by atoms with E-state index in [1.807, 2.05) is 18.2 Å². The van der Waals surface area contributed by atoms with Gasteiger partial charge in [-0.15, -0.1) is 24.0 Å². The number of nitrogens with one attached hydrogen (secondary N) is 3. The maximum atomic E-state index is 5.05. The first-order valence-electron chi connectivity index (χ1n) is 8.28. The summed E-state index contributed by atoms with van der Waals surface area (Å²) >= 11 is 0. The van der Waals surface area contributed by atoms with E-state index in [2.05, 4.69) is 38.6 Å². The number of H-pyrrole nitrogens is 1. The smallest absolute Gasteiger partial charge is 0.191 e. The number of methoxy groups -OCH3 is 1. The van der Waals surface area contributed by atoms with Gasteiger partial charge in [-0.05, 0) is 31.9 Å². The number of aryl methyl sites for hydroxylation is 1. The second kappa shape index (κ2) is 12.1. The summed E-state index contributed by atoms with van der Waals surface area (Å²) < 4.78 is 5.05. The number of ether oxygens (including phenoxy) is 1. The highest BCUT2D eigenvalue weighted by molar-refractivity contribution is 14.0. The van der Waals surface area contributed by atoms with Gasteiger partial charge in [0, 0.05) is 39.8 Å². The Hall–Kier alpha value is -1.35. The first-order chi connectivity index (χ1) is 11.3. The molecule has 6 nitrogen and oxygen atoms in total. The van der Waals surface area contributed by atoms with Gasteiger partial charge in [-0.2, -0.15) is 0 Å². The van der Waals surface area contributed by atoms with E-state index in [4.69, 9.17) is 4.74 Å². The van der Waals surface area contributed by atoms with Crippen molar-refractivity contribution in [3.8, 4) is 0 Å². The van der Waals surface area contributed by atoms with Crippen molar-refractivity contribution in [3.63, 3.8) is 0 Å². The van der Waals surface area contributed by atoms with E-state index in [1.165, 1.54) is 0 Å². The highest BCUT2D eigenvalue weighted by Gasteiger charge is 2.02. The number of imidazole rings is 1. The number of para-hydroxylation sites is 2. The first-order valence-corrected chi connectivity index (χ1v) is 8.28. The van der Waals surface area contributed by atoms with Gasteiger partial charge in [0.1, 0.15) is 5.82 Å². The van der Waals surface area contributed by atoms with Crippen molar-refractivity contribution in [3.05, 3.63) is 30.1 Å². The van der Waals surface area contributed by atoms with Crippen molar-refractivity contribution in [2.45, 2.75) is 26.2 Å². The molecule has 0 aliphatic rings. The summed E-state index contributed by atoms with van der Waals surface area (Å²) in [5, 5.41) is 6.57. The van der Waals surface area contributed by atoms with Crippen LogP contribution in [0, 0.1) is 0 Å². The second-order valence-corrected chi connectivity index (χ2v) is 5.34. The molecule has 0 spiro atoms. The summed E-state index contributed by atoms with van der Waals surface area (Å²) in [6.07, 6.45) is 2.84. The average Bonchev–Trinajstić information content (AvgIpc) is 2.98. The van der Waals surface area contributed by atoms with Crippen LogP contribution in [0.1, 0.15) is 25.6 Å². The van der Waals surface area contributed by atoms with E-state index in [1.54, 1.807) is 7.11 Å². The van der Waals surface area contributed by atoms with E-state index in [0.29, 0.717) is 0 Å². The van der Waals surface area contributed by atoms with Gasteiger partial charge in [-0.25, -0.2) is 4.98 Å². The Bertz CT molecular complexity index is 581. The number of rotatable bonds is 9. The number of aromatic nitrogens is 2. The standard InChI is InChI=1S/C17H27N5O.HI/c1-3-18-17(20-12-7-13-23-2)19-11-6-10-16-21-14-8-4-5-9-15(14)22-16;/h4-5,8-9H,3,6-7,10-13H2,1-2H3,(H,21,22)(H2,18,19,20);1H. The third-order valence-electron chi connectivity index (χ3n) is 3.44. The number of aromatic amines is 1. The van der Waals surface area contributed by atoms with Gasteiger partial charge in [0.2, 0.25) is 0 Å². The topological polar surface area (TPSA) is 74.3 Å². The van der Waals surface area contributed by atoms with Crippen LogP contribution in [0.15, 0.2) is 29.3 Å². The van der Waals surface area contributed by atoms with Crippen molar-refractivity contribution < 1.29 is 4.74 Å². The molecule has 2 rings (SSSR count). The van der Waals surface area contributed by atoms with Crippen LogP contribution in [0.2, 0.25) is 0 Å². The number of nitrogens with zero attached hydrogens (tertiary/aromatic N) is 2. The predicted molar refractivity (Wildman–Crippen MR) is 110 cm³/mol. The minimum absolute atomic E-state index is 0. The number of halogens is 1. The Morgan fingerprint density at radius 1 is 1.25 bits per heavy atom. The van der Waals surface area contributed by atoms with E-state index < -0.39 is 0 Å². The molecule has 0 bridgehead atoms. The van der Waals surface area contributed by atoms with Crippen molar-refractivity contribution in [2.75, 3.05) is 33.4 Å². The molecule has 7 heteroatoms. The largest absolute Gasteiger partial charge is 0.385 e. The lowest BCUT2D eigenvalue weighted by atomic mass is 10.3. The summed E-state index contributed by atoms with van der Waals surface area (Å²) in [6.45, 7) is 5.33. The molecular formula is C17H28IN5O. The Kier molecular flexibility index (Phi) is 10.4. The molecule has 2 aromatic rings. The predicted octanol–water partition coefficient (Wildman–Crippen LogP) is 2.71. The van der Waals surface area contributed by atoms with Crippen molar-refractivity contribution in [1.82, 2.24) is 20.6 Å². The van der Waals surface area contributed by atoms with Gasteiger partial charge >= 0.3 is 0 Å². The third-order valence-corrected chi connectivity index (χ3v) is 3.44. The maximum absolute atomic E-state index is 5.05. The summed E-state index contributed by atoms with van der Waals surface area (Å²) in [6, 6.07) is 8.11. The fourth-order valence-corrected chi connectivity index (χ4v) is 2.33. The van der Waals surface area contributed by atoms with Crippen LogP contribution >= 0.6 is 24.0 Å². The molecule has 134 valence electrons. The Morgan fingerprint density at radius 3 is 2.83 bits per heavy atom. The fraction of sp³-hybridized carbons (Fsp3) is 0.529. The van der Waals surface area contributed by atoms with Crippen LogP contribution in [0.4, 0.5) is 0 Å². The normalized spacial score (nSPS) is 11.3. The van der Waals surface area contributed by atoms with Crippen LogP contribution in [0.5, 0.6) is 0 Å². The van der Waals surface area contributed by atoms with Crippen LogP contribution in [0.3, 0.4) is 0 Å². The molecule has 0 unspecified atom stereocenters. The number of aliphatic imine (C=N–C) groups is 1. The Balaban J connectivity index is 0.00000288. The van der Waals surface area contributed by atoms with E-state index in [9.17, 15) is 0 Å². The average molecular weight is 445 g/mol. The fourth-order valence-electron chi connectivity index (χ4n) is 2.33. The lowest BCUT2D eigenvalue weighted by molar-refractivity contribution is 0.195. The van der Waals surface area contributed by atoms with E-state index in [-0.39, 0.29) is 24.0 Å². The zero-order valence-electron chi connectivity index (χ0n) is 14.5. The quantitative estimate of drug-likeness (QED) is 0.240. The van der Waals surface area contributed by atoms with Crippen molar-refractivity contribution in [1.29, 1.82) is 0 Å². The lowest BCUT2D eigenvalue weighted by Gasteiger charge is -2.10. The van der Waals surface area contributed by atoms with Crippen LogP contribution in [-0.4, -0.2) is 49.3 Å². The van der Waals surface area contributed by atoms with Gasteiger partial charge in [-0.1, -0.05) is 12.1 Å². The van der Waals surface area contributed by atoms with E-state index in [0.717, 1.165) is 68.3 Å². The van der Waals surface area contributed by atoms with Gasteiger partial charge in [0.25, 0.3) is 0 Å². The Morgan fingerprint density at radius 2 is 2.08 bits per heavy atom. The SMILES string of the molecule is CCNC(=NCCCc1nc2ccccc2[nH]1)NCCCOC.I. The first kappa shape index (κ1) is 20.7. The monoisotopic (exact) mass is 445 g/mol. The number of hydrogen-bond acceptors (Lipinski definition) is 3. The molecule has 1 aromatic heterocycles. The molecule has 0 atom stereocenters. The molecule has 0 fully saturated rings. The molecular weight excluding hydrogens is 417 g/mol. The minimum atomic E-state index is 0. The van der Waals surface area contributed by atoms with Gasteiger partial charge < -0.3 is 20.4 Å². The second-order valence-electron chi connectivity index (χ2n) is 5.34. The number of benzene rings is 1. The number of guanidine groups is 1. The summed E-state index contributed by atoms with van der Waals surface area (Å²) in [4.78, 5) is 12.5. The Labute approximate surface area is 160 Å². The molecule has 0 amide bonds. The highest BCUT2D eigenvalue weighted by atomic mass is 127. The van der Waals surface area contributed by atoms with Crippen LogP contribution in [0.25, 0.3) is 11.0 Å². The molecule has 0 saturated carbocycles. The third kappa shape index (κ3) is 7.04. The zero-order chi connectivity index (χ0) is 16.3. The number of hydrogen-bond donors (Lipinski definition) is 3. The highest BCUT2D eigenvalue weighted by Crippen LogP contribution is 2.11. The number of fused-ring (bicyclic) bond motifs is 1. The van der Waals surface area contributed by atoms with Gasteiger partial charge in [-0.3, -0.25) is 4.99 Å². The molecule has 1 aromatic carbocycles. The van der Waals surface area contributed by atoms with E-state index >= 15 is 0 Å². The lowest BCUT2D eigenvalue weighted by Crippen LogP contribution is -2.38. The van der Waals surface area contributed by atoms with Crippen LogP contribution in [-0.2, 0) is 11.2 Å². The molecule has 1 heterocycles. The van der Waals surface area contributed by atoms with Gasteiger partial charge in [0.05, 0.1) is 11.0 Å². The molecule has 0 radical (unpaired) electrons. The summed E-state index contributed by atoms with van der Waals surface area (Å²) in [5.41, 5.74) is 2.12. The molecule has 3 N–H and O–H groups in total. The molecule has 0 saturated heterocycles. The molecule has 0 aliphatic heterocycles. The molecule has 24 heavy (non-hydrogen) atoms. The minimum Gasteiger partial charge on any atom is -0.385 e. The van der Waals surface area contributed by atoms with Crippen molar-refractivity contribution in [2.24, 2.45) is 4.99 Å². The van der Waals surface area contributed by atoms with Gasteiger partial charge in [0.15, 0.2) is 5.96 Å². The molecule has 0 aliphatic carbocycles. The summed E-state index contributed by atoms with van der Waals surface area (Å²) in [7, 11) is 1.72.